The van der Waals surface area contributed by atoms with Crippen LogP contribution in [0.3, 0.4) is 0 Å². The van der Waals surface area contributed by atoms with Crippen LogP contribution < -0.4 is 15.7 Å². The van der Waals surface area contributed by atoms with Crippen LogP contribution >= 0.6 is 0 Å². The molecule has 2 aromatic carbocycles. The molecule has 1 aromatic heterocycles. The number of carbonyl (C=O) groups is 1. The molecule has 0 fully saturated rings. The van der Waals surface area contributed by atoms with Crippen molar-refractivity contribution in [3.63, 3.8) is 0 Å². The lowest BCUT2D eigenvalue weighted by Gasteiger charge is -2.15. The monoisotopic (exact) mass is 451 g/mol. The molecule has 7 nitrogen and oxygen atoms in total. The Morgan fingerprint density at radius 2 is 1.75 bits per heavy atom. The number of halogens is 3. The molecule has 0 aliphatic carbocycles. The molecular formula is C22H24F3N3O4. The number of benzene rings is 2. The second kappa shape index (κ2) is 9.90. The number of nitrogens with zero attached hydrogens (tertiary/aromatic N) is 2. The number of ether oxygens (including phenoxy) is 2. The van der Waals surface area contributed by atoms with E-state index in [-0.39, 0.29) is 43.3 Å². The number of anilines is 1. The Labute approximate surface area is 182 Å². The highest BCUT2D eigenvalue weighted by Crippen LogP contribution is 2.35. The molecule has 0 unspecified atom stereocenters. The van der Waals surface area contributed by atoms with E-state index in [1.807, 2.05) is 19.1 Å². The Balaban J connectivity index is 1.79. The van der Waals surface area contributed by atoms with Crippen molar-refractivity contribution in [2.75, 3.05) is 25.6 Å². The first-order valence-electron chi connectivity index (χ1n) is 10.1. The predicted molar refractivity (Wildman–Crippen MR) is 114 cm³/mol. The summed E-state index contributed by atoms with van der Waals surface area (Å²) in [5.74, 6) is -0.440. The smallest absolute Gasteiger partial charge is 0.416 e. The maximum Gasteiger partial charge on any atom is 0.416 e. The second-order valence-electron chi connectivity index (χ2n) is 7.02. The third-order valence-corrected chi connectivity index (χ3v) is 4.93. The summed E-state index contributed by atoms with van der Waals surface area (Å²) in [6.45, 7) is 2.75. The number of imidazole rings is 1. The van der Waals surface area contributed by atoms with Crippen LogP contribution in [-0.4, -0.2) is 35.4 Å². The quantitative estimate of drug-likeness (QED) is 0.501. The van der Waals surface area contributed by atoms with Crippen molar-refractivity contribution in [3.05, 3.63) is 58.5 Å². The van der Waals surface area contributed by atoms with E-state index >= 15 is 0 Å². The molecule has 0 radical (unpaired) electrons. The van der Waals surface area contributed by atoms with E-state index < -0.39 is 17.6 Å². The van der Waals surface area contributed by atoms with Crippen molar-refractivity contribution in [3.8, 4) is 5.75 Å². The molecule has 3 rings (SSSR count). The fraction of sp³-hybridized carbons (Fsp3) is 0.364. The van der Waals surface area contributed by atoms with Gasteiger partial charge in [0.05, 0.1) is 28.9 Å². The number of fused-ring (bicyclic) bond motifs is 1. The van der Waals surface area contributed by atoms with Crippen LogP contribution in [0, 0.1) is 0 Å². The van der Waals surface area contributed by atoms with E-state index in [1.165, 1.54) is 11.7 Å². The van der Waals surface area contributed by atoms with Gasteiger partial charge in [-0.2, -0.15) is 13.2 Å². The molecule has 0 bridgehead atoms. The number of alkyl halides is 3. The van der Waals surface area contributed by atoms with Gasteiger partial charge in [0.1, 0.15) is 12.4 Å². The first-order valence-corrected chi connectivity index (χ1v) is 10.1. The lowest BCUT2D eigenvalue weighted by molar-refractivity contribution is -0.137. The Morgan fingerprint density at radius 1 is 1.06 bits per heavy atom. The van der Waals surface area contributed by atoms with Gasteiger partial charge in [-0.15, -0.1) is 0 Å². The van der Waals surface area contributed by atoms with E-state index in [0.29, 0.717) is 12.1 Å². The number of rotatable bonds is 9. The van der Waals surface area contributed by atoms with Gasteiger partial charge in [0.25, 0.3) is 0 Å². The van der Waals surface area contributed by atoms with Crippen molar-refractivity contribution in [2.24, 2.45) is 0 Å². The van der Waals surface area contributed by atoms with E-state index in [0.717, 1.165) is 23.7 Å². The number of aromatic nitrogens is 2. The SMILES string of the molecule is CCn1c(=O)n(CCC(=O)Nc2cc(C(F)(F)F)ccc2OCCOC)c2ccccc21. The minimum atomic E-state index is -4.57. The molecule has 0 atom stereocenters. The van der Waals surface area contributed by atoms with Crippen LogP contribution in [0.25, 0.3) is 11.0 Å². The normalized spacial score (nSPS) is 11.7. The van der Waals surface area contributed by atoms with Crippen LogP contribution in [0.4, 0.5) is 18.9 Å². The summed E-state index contributed by atoms with van der Waals surface area (Å²) >= 11 is 0. The van der Waals surface area contributed by atoms with E-state index in [2.05, 4.69) is 5.32 Å². The Bertz CT molecular complexity index is 1150. The van der Waals surface area contributed by atoms with E-state index in [4.69, 9.17) is 9.47 Å². The van der Waals surface area contributed by atoms with Gasteiger partial charge in [-0.25, -0.2) is 4.79 Å². The highest BCUT2D eigenvalue weighted by atomic mass is 19.4. The van der Waals surface area contributed by atoms with Gasteiger partial charge >= 0.3 is 11.9 Å². The first-order chi connectivity index (χ1) is 15.3. The highest BCUT2D eigenvalue weighted by Gasteiger charge is 2.31. The Morgan fingerprint density at radius 3 is 2.38 bits per heavy atom. The molecule has 3 aromatic rings. The number of hydrogen-bond donors (Lipinski definition) is 1. The summed E-state index contributed by atoms with van der Waals surface area (Å²) in [4.78, 5) is 25.2. The number of aryl methyl sites for hydroxylation is 2. The van der Waals surface area contributed by atoms with Gasteiger partial charge in [-0.05, 0) is 37.3 Å². The number of amides is 1. The highest BCUT2D eigenvalue weighted by molar-refractivity contribution is 5.92. The summed E-state index contributed by atoms with van der Waals surface area (Å²) < 4.78 is 52.8. The average Bonchev–Trinajstić information content (AvgIpc) is 3.03. The van der Waals surface area contributed by atoms with Crippen molar-refractivity contribution in [1.29, 1.82) is 0 Å². The summed E-state index contributed by atoms with van der Waals surface area (Å²) in [5.41, 5.74) is 0.199. The number of methoxy groups -OCH3 is 1. The number of nitrogens with one attached hydrogen (secondary N) is 1. The largest absolute Gasteiger partial charge is 0.489 e. The first kappa shape index (κ1) is 23.4. The Hall–Kier alpha value is -3.27. The Kier molecular flexibility index (Phi) is 7.24. The van der Waals surface area contributed by atoms with Gasteiger partial charge in [-0.3, -0.25) is 13.9 Å². The van der Waals surface area contributed by atoms with Crippen molar-refractivity contribution >= 4 is 22.6 Å². The van der Waals surface area contributed by atoms with Crippen LogP contribution in [0.2, 0.25) is 0 Å². The van der Waals surface area contributed by atoms with Crippen LogP contribution in [0.15, 0.2) is 47.3 Å². The lowest BCUT2D eigenvalue weighted by Crippen LogP contribution is -2.26. The summed E-state index contributed by atoms with van der Waals surface area (Å²) in [6.07, 6.45) is -4.68. The third-order valence-electron chi connectivity index (χ3n) is 4.93. The summed E-state index contributed by atoms with van der Waals surface area (Å²) in [7, 11) is 1.47. The molecule has 0 saturated heterocycles. The molecule has 1 heterocycles. The fourth-order valence-corrected chi connectivity index (χ4v) is 3.39. The molecule has 0 spiro atoms. The van der Waals surface area contributed by atoms with E-state index in [9.17, 15) is 22.8 Å². The maximum atomic E-state index is 13.1. The number of hydrogen-bond acceptors (Lipinski definition) is 4. The van der Waals surface area contributed by atoms with Gasteiger partial charge < -0.3 is 14.8 Å². The van der Waals surface area contributed by atoms with Crippen molar-refractivity contribution in [2.45, 2.75) is 32.6 Å². The molecule has 0 aliphatic heterocycles. The minimum absolute atomic E-state index is 0.0804. The predicted octanol–water partition coefficient (Wildman–Crippen LogP) is 3.90. The molecular weight excluding hydrogens is 427 g/mol. The van der Waals surface area contributed by atoms with Crippen LogP contribution in [-0.2, 0) is 28.8 Å². The molecule has 1 amide bonds. The lowest BCUT2D eigenvalue weighted by atomic mass is 10.1. The van der Waals surface area contributed by atoms with Gasteiger partial charge in [0.2, 0.25) is 5.91 Å². The fourth-order valence-electron chi connectivity index (χ4n) is 3.39. The molecule has 0 saturated carbocycles. The molecule has 1 N–H and O–H groups in total. The zero-order valence-corrected chi connectivity index (χ0v) is 17.7. The molecule has 32 heavy (non-hydrogen) atoms. The molecule has 10 heteroatoms. The van der Waals surface area contributed by atoms with Gasteiger partial charge in [0, 0.05) is 26.6 Å². The second-order valence-corrected chi connectivity index (χ2v) is 7.02. The zero-order valence-electron chi connectivity index (χ0n) is 17.7. The van der Waals surface area contributed by atoms with E-state index in [1.54, 1.807) is 16.7 Å². The van der Waals surface area contributed by atoms with Gasteiger partial charge in [0.15, 0.2) is 0 Å². The van der Waals surface area contributed by atoms with Crippen molar-refractivity contribution in [1.82, 2.24) is 9.13 Å². The zero-order chi connectivity index (χ0) is 23.3. The third kappa shape index (κ3) is 5.13. The average molecular weight is 451 g/mol. The van der Waals surface area contributed by atoms with Crippen LogP contribution in [0.5, 0.6) is 5.75 Å². The standard InChI is InChI=1S/C22H24F3N3O4/c1-3-27-17-6-4-5-7-18(17)28(21(27)30)11-10-20(29)26-16-14-15(22(23,24)25)8-9-19(16)32-13-12-31-2/h4-9,14H,3,10-13H2,1-2H3,(H,26,29). The van der Waals surface area contributed by atoms with Crippen LogP contribution in [0.1, 0.15) is 18.9 Å². The minimum Gasteiger partial charge on any atom is -0.489 e. The number of carbonyl (C=O) groups excluding carboxylic acids is 1. The molecule has 0 aliphatic rings. The summed E-state index contributed by atoms with van der Waals surface area (Å²) in [6, 6.07) is 10.1. The molecule has 172 valence electrons. The summed E-state index contributed by atoms with van der Waals surface area (Å²) in [5, 5.41) is 2.48. The topological polar surface area (TPSA) is 74.5 Å². The maximum absolute atomic E-state index is 13.1. The van der Waals surface area contributed by atoms with Gasteiger partial charge in [-0.1, -0.05) is 12.1 Å². The number of para-hydroxylation sites is 2. The van der Waals surface area contributed by atoms with Crippen molar-refractivity contribution < 1.29 is 27.4 Å².